The van der Waals surface area contributed by atoms with Gasteiger partial charge < -0.3 is 14.2 Å². The number of piperidine rings is 1. The molecule has 0 atom stereocenters. The van der Waals surface area contributed by atoms with Crippen molar-refractivity contribution in [2.24, 2.45) is 0 Å². The lowest BCUT2D eigenvalue weighted by molar-refractivity contribution is 0.0549. The predicted molar refractivity (Wildman–Crippen MR) is 85.5 cm³/mol. The molecule has 24 heavy (non-hydrogen) atoms. The Kier molecular flexibility index (Phi) is 4.94. The SMILES string of the molecule is CN1CCC(N(Cc2ccco2)C(=O)c2cc(F)cc(F)c2)CC1. The van der Waals surface area contributed by atoms with E-state index in [1.807, 2.05) is 7.05 Å². The summed E-state index contributed by atoms with van der Waals surface area (Å²) in [6, 6.07) is 6.49. The van der Waals surface area contributed by atoms with Crippen molar-refractivity contribution in [1.82, 2.24) is 9.80 Å². The van der Waals surface area contributed by atoms with Crippen LogP contribution >= 0.6 is 0 Å². The summed E-state index contributed by atoms with van der Waals surface area (Å²) >= 11 is 0. The first-order valence-corrected chi connectivity index (χ1v) is 8.01. The second-order valence-electron chi connectivity index (χ2n) is 6.20. The topological polar surface area (TPSA) is 36.7 Å². The van der Waals surface area contributed by atoms with Crippen molar-refractivity contribution in [1.29, 1.82) is 0 Å². The first-order valence-electron chi connectivity index (χ1n) is 8.01. The molecule has 3 rings (SSSR count). The van der Waals surface area contributed by atoms with Crippen molar-refractivity contribution in [3.8, 4) is 0 Å². The van der Waals surface area contributed by atoms with Crippen LogP contribution < -0.4 is 0 Å². The van der Waals surface area contributed by atoms with Crippen LogP contribution in [0.3, 0.4) is 0 Å². The van der Waals surface area contributed by atoms with Gasteiger partial charge in [-0.3, -0.25) is 4.79 Å². The lowest BCUT2D eigenvalue weighted by Gasteiger charge is -2.37. The third-order valence-corrected chi connectivity index (χ3v) is 4.41. The van der Waals surface area contributed by atoms with Gasteiger partial charge in [0, 0.05) is 17.7 Å². The van der Waals surface area contributed by atoms with Crippen LogP contribution in [-0.4, -0.2) is 41.9 Å². The molecule has 0 bridgehead atoms. The van der Waals surface area contributed by atoms with E-state index in [0.717, 1.165) is 44.1 Å². The van der Waals surface area contributed by atoms with Gasteiger partial charge in [-0.2, -0.15) is 0 Å². The Labute approximate surface area is 139 Å². The van der Waals surface area contributed by atoms with E-state index >= 15 is 0 Å². The Morgan fingerprint density at radius 2 is 1.92 bits per heavy atom. The van der Waals surface area contributed by atoms with Gasteiger partial charge in [0.1, 0.15) is 17.4 Å². The quantitative estimate of drug-likeness (QED) is 0.861. The molecule has 1 saturated heterocycles. The van der Waals surface area contributed by atoms with Crippen molar-refractivity contribution in [3.05, 3.63) is 59.6 Å². The summed E-state index contributed by atoms with van der Waals surface area (Å²) < 4.78 is 32.3. The first kappa shape index (κ1) is 16.6. The molecule has 0 N–H and O–H groups in total. The maximum absolute atomic E-state index is 13.5. The zero-order chi connectivity index (χ0) is 17.1. The van der Waals surface area contributed by atoms with Crippen LogP contribution in [0.2, 0.25) is 0 Å². The standard InChI is InChI=1S/C18H20F2N2O2/c1-21-6-4-16(5-7-21)22(12-17-3-2-8-24-17)18(23)13-9-14(19)11-15(20)10-13/h2-3,8-11,16H,4-7,12H2,1H3. The minimum absolute atomic E-state index is 0.0186. The van der Waals surface area contributed by atoms with E-state index in [2.05, 4.69) is 4.90 Å². The Hall–Kier alpha value is -2.21. The van der Waals surface area contributed by atoms with Gasteiger partial charge in [-0.05, 0) is 57.2 Å². The average molecular weight is 334 g/mol. The molecule has 1 aliphatic heterocycles. The van der Waals surface area contributed by atoms with Gasteiger partial charge in [-0.25, -0.2) is 8.78 Å². The highest BCUT2D eigenvalue weighted by atomic mass is 19.1. The van der Waals surface area contributed by atoms with E-state index in [1.165, 1.54) is 0 Å². The second kappa shape index (κ2) is 7.13. The first-order chi connectivity index (χ1) is 11.5. The van der Waals surface area contributed by atoms with Gasteiger partial charge in [0.2, 0.25) is 0 Å². The molecule has 0 spiro atoms. The molecule has 0 aliphatic carbocycles. The smallest absolute Gasteiger partial charge is 0.254 e. The van der Waals surface area contributed by atoms with Crippen LogP contribution in [0.1, 0.15) is 29.0 Å². The Bertz CT molecular complexity index is 675. The lowest BCUT2D eigenvalue weighted by Crippen LogP contribution is -2.46. The van der Waals surface area contributed by atoms with Gasteiger partial charge in [0.05, 0.1) is 12.8 Å². The number of hydrogen-bond acceptors (Lipinski definition) is 3. The maximum Gasteiger partial charge on any atom is 0.254 e. The predicted octanol–water partition coefficient (Wildman–Crippen LogP) is 3.29. The van der Waals surface area contributed by atoms with E-state index in [9.17, 15) is 13.6 Å². The van der Waals surface area contributed by atoms with Crippen molar-refractivity contribution in [2.45, 2.75) is 25.4 Å². The molecule has 2 heterocycles. The minimum atomic E-state index is -0.750. The molecule has 1 aliphatic rings. The highest BCUT2D eigenvalue weighted by molar-refractivity contribution is 5.94. The van der Waals surface area contributed by atoms with Gasteiger partial charge in [0.25, 0.3) is 5.91 Å². The highest BCUT2D eigenvalue weighted by Gasteiger charge is 2.29. The summed E-state index contributed by atoms with van der Waals surface area (Å²) in [5.74, 6) is -1.22. The molecule has 0 radical (unpaired) electrons. The fourth-order valence-electron chi connectivity index (χ4n) is 3.09. The van der Waals surface area contributed by atoms with Crippen molar-refractivity contribution < 1.29 is 18.0 Å². The molecule has 0 unspecified atom stereocenters. The summed E-state index contributed by atoms with van der Waals surface area (Å²) in [5, 5.41) is 0. The fourth-order valence-corrected chi connectivity index (χ4v) is 3.09. The van der Waals surface area contributed by atoms with Crippen molar-refractivity contribution in [3.63, 3.8) is 0 Å². The third kappa shape index (κ3) is 3.82. The maximum atomic E-state index is 13.5. The van der Waals surface area contributed by atoms with E-state index in [4.69, 9.17) is 4.42 Å². The molecule has 1 amide bonds. The highest BCUT2D eigenvalue weighted by Crippen LogP contribution is 2.22. The lowest BCUT2D eigenvalue weighted by atomic mass is 10.0. The minimum Gasteiger partial charge on any atom is -0.467 e. The fraction of sp³-hybridized carbons (Fsp3) is 0.389. The summed E-state index contributed by atoms with van der Waals surface area (Å²) in [6.07, 6.45) is 3.19. The van der Waals surface area contributed by atoms with Crippen molar-refractivity contribution in [2.75, 3.05) is 20.1 Å². The number of carbonyl (C=O) groups excluding carboxylic acids is 1. The third-order valence-electron chi connectivity index (χ3n) is 4.41. The summed E-state index contributed by atoms with van der Waals surface area (Å²) in [7, 11) is 2.04. The number of furan rings is 1. The number of hydrogen-bond donors (Lipinski definition) is 0. The van der Waals surface area contributed by atoms with Crippen molar-refractivity contribution >= 4 is 5.91 Å². The number of halogens is 2. The molecule has 6 heteroatoms. The second-order valence-corrected chi connectivity index (χ2v) is 6.20. The molecule has 1 fully saturated rings. The van der Waals surface area contributed by atoms with E-state index in [-0.39, 0.29) is 17.5 Å². The zero-order valence-corrected chi connectivity index (χ0v) is 13.5. The Morgan fingerprint density at radius 1 is 1.25 bits per heavy atom. The number of benzene rings is 1. The molecule has 2 aromatic rings. The Morgan fingerprint density at radius 3 is 2.50 bits per heavy atom. The molecule has 128 valence electrons. The van der Waals surface area contributed by atoms with Crippen LogP contribution in [0.25, 0.3) is 0 Å². The zero-order valence-electron chi connectivity index (χ0n) is 13.5. The van der Waals surface area contributed by atoms with E-state index in [0.29, 0.717) is 12.3 Å². The number of amides is 1. The molecule has 4 nitrogen and oxygen atoms in total. The van der Waals surface area contributed by atoms with Gasteiger partial charge in [-0.15, -0.1) is 0 Å². The van der Waals surface area contributed by atoms with Gasteiger partial charge >= 0.3 is 0 Å². The van der Waals surface area contributed by atoms with E-state index < -0.39 is 11.6 Å². The summed E-state index contributed by atoms with van der Waals surface area (Å²) in [4.78, 5) is 16.8. The number of nitrogens with zero attached hydrogens (tertiary/aromatic N) is 2. The number of carbonyl (C=O) groups is 1. The summed E-state index contributed by atoms with van der Waals surface area (Å²) in [5.41, 5.74) is 0.0259. The Balaban J connectivity index is 1.86. The van der Waals surface area contributed by atoms with Gasteiger partial charge in [-0.1, -0.05) is 0 Å². The van der Waals surface area contributed by atoms with Crippen LogP contribution in [0.5, 0.6) is 0 Å². The summed E-state index contributed by atoms with van der Waals surface area (Å²) in [6.45, 7) is 2.05. The van der Waals surface area contributed by atoms with E-state index in [1.54, 1.807) is 23.3 Å². The number of likely N-dealkylation sites (tertiary alicyclic amines) is 1. The number of rotatable bonds is 4. The van der Waals surface area contributed by atoms with Crippen LogP contribution in [0, 0.1) is 11.6 Å². The molecular weight excluding hydrogens is 314 g/mol. The van der Waals surface area contributed by atoms with Crippen LogP contribution in [0.4, 0.5) is 8.78 Å². The van der Waals surface area contributed by atoms with Crippen LogP contribution in [-0.2, 0) is 6.54 Å². The molecule has 1 aromatic carbocycles. The monoisotopic (exact) mass is 334 g/mol. The molecule has 1 aromatic heterocycles. The van der Waals surface area contributed by atoms with Gasteiger partial charge in [0.15, 0.2) is 0 Å². The normalized spacial score (nSPS) is 16.3. The molecular formula is C18H20F2N2O2. The molecule has 0 saturated carbocycles. The largest absolute Gasteiger partial charge is 0.467 e. The average Bonchev–Trinajstić information content (AvgIpc) is 3.05. The van der Waals surface area contributed by atoms with Crippen LogP contribution in [0.15, 0.2) is 41.0 Å².